The molecule has 0 bridgehead atoms. The number of ether oxygens (including phenoxy) is 2. The molecule has 1 aromatic rings. The second-order valence-electron chi connectivity index (χ2n) is 2.98. The first-order valence-corrected chi connectivity index (χ1v) is 4.94. The van der Waals surface area contributed by atoms with E-state index in [1.165, 1.54) is 0 Å². The maximum Gasteiger partial charge on any atom is 0.344 e. The van der Waals surface area contributed by atoms with Gasteiger partial charge in [0.2, 0.25) is 0 Å². The molecule has 1 aromatic carbocycles. The molecule has 0 aliphatic heterocycles. The van der Waals surface area contributed by atoms with Crippen molar-refractivity contribution in [2.75, 3.05) is 32.2 Å². The summed E-state index contributed by atoms with van der Waals surface area (Å²) in [6.07, 6.45) is 0. The van der Waals surface area contributed by atoms with Crippen LogP contribution in [0.15, 0.2) is 24.3 Å². The van der Waals surface area contributed by atoms with Crippen molar-refractivity contribution in [3.63, 3.8) is 0 Å². The molecule has 16 heavy (non-hydrogen) atoms. The van der Waals surface area contributed by atoms with Gasteiger partial charge >= 0.3 is 5.97 Å². The molecule has 2 N–H and O–H groups in total. The molecule has 0 radical (unpaired) electrons. The van der Waals surface area contributed by atoms with Crippen molar-refractivity contribution in [3.05, 3.63) is 24.3 Å². The molecule has 0 atom stereocenters. The number of esters is 1. The topological polar surface area (TPSA) is 67.8 Å². The normalized spacial score (nSPS) is 9.62. The standard InChI is InChI=1S/C11H15NO4/c1-12-9-4-2-3-5-10(9)16-8-11(14)15-7-6-13/h2-5,12-13H,6-8H2,1H3. The summed E-state index contributed by atoms with van der Waals surface area (Å²) < 4.78 is 9.92. The van der Waals surface area contributed by atoms with Crippen LogP contribution in [0.25, 0.3) is 0 Å². The summed E-state index contributed by atoms with van der Waals surface area (Å²) in [5, 5.41) is 11.4. The molecule has 0 saturated carbocycles. The Morgan fingerprint density at radius 3 is 2.88 bits per heavy atom. The Labute approximate surface area is 94.0 Å². The molecule has 1 rings (SSSR count). The predicted octanol–water partition coefficient (Wildman–Crippen LogP) is 0.643. The molecule has 5 nitrogen and oxygen atoms in total. The van der Waals surface area contributed by atoms with E-state index in [1.807, 2.05) is 18.2 Å². The second kappa shape index (κ2) is 6.68. The summed E-state index contributed by atoms with van der Waals surface area (Å²) in [6, 6.07) is 7.28. The van der Waals surface area contributed by atoms with Gasteiger partial charge in [-0.15, -0.1) is 0 Å². The molecule has 0 amide bonds. The van der Waals surface area contributed by atoms with Crippen LogP contribution in [0.3, 0.4) is 0 Å². The number of anilines is 1. The van der Waals surface area contributed by atoms with E-state index in [1.54, 1.807) is 13.1 Å². The number of nitrogens with one attached hydrogen (secondary N) is 1. The Bertz CT molecular complexity index is 341. The minimum Gasteiger partial charge on any atom is -0.480 e. The van der Waals surface area contributed by atoms with Gasteiger partial charge in [-0.3, -0.25) is 0 Å². The molecule has 0 aromatic heterocycles. The molecular formula is C11H15NO4. The minimum atomic E-state index is -0.500. The predicted molar refractivity (Wildman–Crippen MR) is 59.5 cm³/mol. The Morgan fingerprint density at radius 2 is 2.19 bits per heavy atom. The molecule has 0 aliphatic rings. The van der Waals surface area contributed by atoms with Crippen LogP contribution < -0.4 is 10.1 Å². The van der Waals surface area contributed by atoms with Gasteiger partial charge in [0.1, 0.15) is 12.4 Å². The van der Waals surface area contributed by atoms with E-state index in [0.717, 1.165) is 5.69 Å². The quantitative estimate of drug-likeness (QED) is 0.695. The van der Waals surface area contributed by atoms with Crippen LogP contribution in [-0.2, 0) is 9.53 Å². The fourth-order valence-corrected chi connectivity index (χ4v) is 1.14. The van der Waals surface area contributed by atoms with Gasteiger partial charge < -0.3 is 19.9 Å². The molecule has 0 heterocycles. The lowest BCUT2D eigenvalue weighted by atomic mass is 10.3. The summed E-state index contributed by atoms with van der Waals surface area (Å²) in [5.41, 5.74) is 0.803. The smallest absolute Gasteiger partial charge is 0.344 e. The highest BCUT2D eigenvalue weighted by molar-refractivity contribution is 5.71. The highest BCUT2D eigenvalue weighted by atomic mass is 16.6. The van der Waals surface area contributed by atoms with Gasteiger partial charge in [-0.2, -0.15) is 0 Å². The molecule has 0 spiro atoms. The van der Waals surface area contributed by atoms with Crippen LogP contribution in [0.1, 0.15) is 0 Å². The maximum atomic E-state index is 11.1. The fourth-order valence-electron chi connectivity index (χ4n) is 1.14. The number of aliphatic hydroxyl groups excluding tert-OH is 1. The molecular weight excluding hydrogens is 210 g/mol. The fraction of sp³-hybridized carbons (Fsp3) is 0.364. The highest BCUT2D eigenvalue weighted by Gasteiger charge is 2.06. The van der Waals surface area contributed by atoms with Crippen LogP contribution in [-0.4, -0.2) is 37.9 Å². The maximum absolute atomic E-state index is 11.1. The van der Waals surface area contributed by atoms with E-state index in [-0.39, 0.29) is 19.8 Å². The van der Waals surface area contributed by atoms with Gasteiger partial charge in [0.25, 0.3) is 0 Å². The number of aliphatic hydroxyl groups is 1. The van der Waals surface area contributed by atoms with Gasteiger partial charge in [-0.25, -0.2) is 4.79 Å². The van der Waals surface area contributed by atoms with Crippen LogP contribution >= 0.6 is 0 Å². The Hall–Kier alpha value is -1.75. The first-order chi connectivity index (χ1) is 7.77. The third kappa shape index (κ3) is 3.78. The van der Waals surface area contributed by atoms with Crippen molar-refractivity contribution in [1.29, 1.82) is 0 Å². The van der Waals surface area contributed by atoms with Crippen LogP contribution in [0.5, 0.6) is 5.75 Å². The average molecular weight is 225 g/mol. The number of para-hydroxylation sites is 2. The van der Waals surface area contributed by atoms with Crippen molar-refractivity contribution in [1.82, 2.24) is 0 Å². The van der Waals surface area contributed by atoms with Gasteiger partial charge in [-0.05, 0) is 12.1 Å². The molecule has 0 aliphatic carbocycles. The highest BCUT2D eigenvalue weighted by Crippen LogP contribution is 2.22. The van der Waals surface area contributed by atoms with Crippen molar-refractivity contribution >= 4 is 11.7 Å². The molecule has 0 saturated heterocycles. The summed E-state index contributed by atoms with van der Waals surface area (Å²) in [4.78, 5) is 11.1. The number of hydrogen-bond donors (Lipinski definition) is 2. The summed E-state index contributed by atoms with van der Waals surface area (Å²) in [7, 11) is 1.77. The Balaban J connectivity index is 2.44. The van der Waals surface area contributed by atoms with E-state index in [0.29, 0.717) is 5.75 Å². The lowest BCUT2D eigenvalue weighted by Gasteiger charge is -2.10. The number of rotatable bonds is 6. The number of hydrogen-bond acceptors (Lipinski definition) is 5. The van der Waals surface area contributed by atoms with Gasteiger partial charge in [-0.1, -0.05) is 12.1 Å². The zero-order valence-electron chi connectivity index (χ0n) is 9.10. The minimum absolute atomic E-state index is 0.00410. The lowest BCUT2D eigenvalue weighted by molar-refractivity contribution is -0.146. The SMILES string of the molecule is CNc1ccccc1OCC(=O)OCCO. The van der Waals surface area contributed by atoms with E-state index >= 15 is 0 Å². The molecule has 5 heteroatoms. The third-order valence-corrected chi connectivity index (χ3v) is 1.86. The van der Waals surface area contributed by atoms with E-state index in [4.69, 9.17) is 9.84 Å². The van der Waals surface area contributed by atoms with E-state index < -0.39 is 5.97 Å². The van der Waals surface area contributed by atoms with Gasteiger partial charge in [0, 0.05) is 7.05 Å². The largest absolute Gasteiger partial charge is 0.480 e. The average Bonchev–Trinajstić information content (AvgIpc) is 2.34. The summed E-state index contributed by atoms with van der Waals surface area (Å²) in [6.45, 7) is -0.354. The monoisotopic (exact) mass is 225 g/mol. The summed E-state index contributed by atoms with van der Waals surface area (Å²) in [5.74, 6) is 0.0888. The third-order valence-electron chi connectivity index (χ3n) is 1.86. The zero-order chi connectivity index (χ0) is 11.8. The van der Waals surface area contributed by atoms with Crippen molar-refractivity contribution in [2.45, 2.75) is 0 Å². The lowest BCUT2D eigenvalue weighted by Crippen LogP contribution is -2.17. The van der Waals surface area contributed by atoms with Crippen LogP contribution in [0.2, 0.25) is 0 Å². The van der Waals surface area contributed by atoms with E-state index in [9.17, 15) is 4.79 Å². The Morgan fingerprint density at radius 1 is 1.44 bits per heavy atom. The Kier molecular flexibility index (Phi) is 5.15. The zero-order valence-corrected chi connectivity index (χ0v) is 9.10. The second-order valence-corrected chi connectivity index (χ2v) is 2.98. The van der Waals surface area contributed by atoms with Crippen LogP contribution in [0.4, 0.5) is 5.69 Å². The van der Waals surface area contributed by atoms with E-state index in [2.05, 4.69) is 10.1 Å². The number of carbonyl (C=O) groups excluding carboxylic acids is 1. The van der Waals surface area contributed by atoms with Crippen molar-refractivity contribution in [3.8, 4) is 5.75 Å². The molecule has 88 valence electrons. The first-order valence-electron chi connectivity index (χ1n) is 4.94. The number of benzene rings is 1. The molecule has 0 fully saturated rings. The first kappa shape index (κ1) is 12.3. The van der Waals surface area contributed by atoms with Crippen molar-refractivity contribution < 1.29 is 19.4 Å². The van der Waals surface area contributed by atoms with Crippen molar-refractivity contribution in [2.24, 2.45) is 0 Å². The number of carbonyl (C=O) groups is 1. The van der Waals surface area contributed by atoms with Gasteiger partial charge in [0.05, 0.1) is 12.3 Å². The van der Waals surface area contributed by atoms with Crippen LogP contribution in [0, 0.1) is 0 Å². The van der Waals surface area contributed by atoms with Gasteiger partial charge in [0.15, 0.2) is 6.61 Å². The summed E-state index contributed by atoms with van der Waals surface area (Å²) >= 11 is 0. The molecule has 0 unspecified atom stereocenters.